The lowest BCUT2D eigenvalue weighted by Gasteiger charge is -2.05. The highest BCUT2D eigenvalue weighted by Gasteiger charge is 2.08. The van der Waals surface area contributed by atoms with Crippen molar-refractivity contribution in [1.82, 2.24) is 0 Å². The summed E-state index contributed by atoms with van der Waals surface area (Å²) in [5.41, 5.74) is 1.27. The molecule has 2 nitrogen and oxygen atoms in total. The molecule has 0 bridgehead atoms. The van der Waals surface area contributed by atoms with Gasteiger partial charge in [0.1, 0.15) is 12.4 Å². The Morgan fingerprint density at radius 3 is 2.39 bits per heavy atom. The largest absolute Gasteiger partial charge is 0.461 e. The zero-order chi connectivity index (χ0) is 12.8. The van der Waals surface area contributed by atoms with Crippen LogP contribution in [0, 0.1) is 5.82 Å². The number of esters is 1. The Labute approximate surface area is 105 Å². The maximum absolute atomic E-state index is 13.3. The third-order valence-electron chi connectivity index (χ3n) is 2.54. The highest BCUT2D eigenvalue weighted by atomic mass is 19.1. The first kappa shape index (κ1) is 12.3. The molecule has 0 aliphatic rings. The van der Waals surface area contributed by atoms with E-state index in [4.69, 9.17) is 4.74 Å². The quantitative estimate of drug-likeness (QED) is 0.772. The molecule has 0 fully saturated rings. The van der Waals surface area contributed by atoms with Crippen LogP contribution >= 0.6 is 0 Å². The van der Waals surface area contributed by atoms with Crippen LogP contribution in [0.3, 0.4) is 0 Å². The Morgan fingerprint density at radius 2 is 1.67 bits per heavy atom. The van der Waals surface area contributed by atoms with E-state index in [2.05, 4.69) is 0 Å². The fraction of sp³-hybridized carbons (Fsp3) is 0.133. The minimum atomic E-state index is -0.427. The van der Waals surface area contributed by atoms with Crippen molar-refractivity contribution in [3.63, 3.8) is 0 Å². The molecule has 0 aliphatic carbocycles. The van der Waals surface area contributed by atoms with Crippen LogP contribution in [0.4, 0.5) is 4.39 Å². The van der Waals surface area contributed by atoms with E-state index in [1.165, 1.54) is 6.07 Å². The number of benzene rings is 2. The van der Waals surface area contributed by atoms with Gasteiger partial charge in [-0.05, 0) is 17.2 Å². The molecule has 0 saturated heterocycles. The molecule has 3 heteroatoms. The summed E-state index contributed by atoms with van der Waals surface area (Å²) in [5, 5.41) is 0. The second kappa shape index (κ2) is 5.96. The number of carbonyl (C=O) groups is 1. The molecule has 0 spiro atoms. The van der Waals surface area contributed by atoms with Crippen molar-refractivity contribution in [3.8, 4) is 0 Å². The first-order valence-electron chi connectivity index (χ1n) is 5.68. The van der Waals surface area contributed by atoms with E-state index in [0.29, 0.717) is 5.56 Å². The first-order chi connectivity index (χ1) is 8.75. The highest BCUT2D eigenvalue weighted by molar-refractivity contribution is 5.72. The SMILES string of the molecule is O=C(Cc1ccccc1F)OCc1ccccc1. The van der Waals surface area contributed by atoms with Crippen LogP contribution in [0.2, 0.25) is 0 Å². The Morgan fingerprint density at radius 1 is 1.00 bits per heavy atom. The Kier molecular flexibility index (Phi) is 4.07. The molecule has 0 heterocycles. The lowest BCUT2D eigenvalue weighted by molar-refractivity contribution is -0.144. The van der Waals surface area contributed by atoms with E-state index in [1.807, 2.05) is 30.3 Å². The van der Waals surface area contributed by atoms with E-state index in [1.54, 1.807) is 18.2 Å². The molecular weight excluding hydrogens is 231 g/mol. The van der Waals surface area contributed by atoms with Crippen molar-refractivity contribution in [2.45, 2.75) is 13.0 Å². The van der Waals surface area contributed by atoms with Gasteiger partial charge in [-0.25, -0.2) is 4.39 Å². The van der Waals surface area contributed by atoms with Crippen molar-refractivity contribution in [2.24, 2.45) is 0 Å². The summed E-state index contributed by atoms with van der Waals surface area (Å²) in [4.78, 5) is 11.5. The topological polar surface area (TPSA) is 26.3 Å². The fourth-order valence-corrected chi connectivity index (χ4v) is 1.59. The minimum Gasteiger partial charge on any atom is -0.461 e. The van der Waals surface area contributed by atoms with Gasteiger partial charge in [0.15, 0.2) is 0 Å². The molecule has 18 heavy (non-hydrogen) atoms. The zero-order valence-electron chi connectivity index (χ0n) is 9.80. The lowest BCUT2D eigenvalue weighted by Crippen LogP contribution is -2.09. The Balaban J connectivity index is 1.88. The van der Waals surface area contributed by atoms with Crippen LogP contribution in [0.15, 0.2) is 54.6 Å². The lowest BCUT2D eigenvalue weighted by atomic mass is 10.1. The van der Waals surface area contributed by atoms with Crippen molar-refractivity contribution in [3.05, 3.63) is 71.5 Å². The van der Waals surface area contributed by atoms with Crippen LogP contribution in [0.1, 0.15) is 11.1 Å². The third-order valence-corrected chi connectivity index (χ3v) is 2.54. The average Bonchev–Trinajstić information content (AvgIpc) is 2.40. The fourth-order valence-electron chi connectivity index (χ4n) is 1.59. The molecule has 2 aromatic rings. The van der Waals surface area contributed by atoms with Crippen LogP contribution in [-0.4, -0.2) is 5.97 Å². The van der Waals surface area contributed by atoms with Crippen molar-refractivity contribution < 1.29 is 13.9 Å². The summed E-state index contributed by atoms with van der Waals surface area (Å²) in [5.74, 6) is -0.807. The molecule has 0 unspecified atom stereocenters. The molecule has 2 rings (SSSR count). The van der Waals surface area contributed by atoms with Gasteiger partial charge in [0.25, 0.3) is 0 Å². The van der Waals surface area contributed by atoms with Crippen molar-refractivity contribution in [2.75, 3.05) is 0 Å². The van der Waals surface area contributed by atoms with Gasteiger partial charge in [-0.3, -0.25) is 4.79 Å². The second-order valence-electron chi connectivity index (χ2n) is 3.91. The summed E-state index contributed by atoms with van der Waals surface area (Å²) >= 11 is 0. The number of hydrogen-bond donors (Lipinski definition) is 0. The summed E-state index contributed by atoms with van der Waals surface area (Å²) in [6.45, 7) is 0.216. The van der Waals surface area contributed by atoms with E-state index in [-0.39, 0.29) is 18.8 Å². The molecule has 0 atom stereocenters. The normalized spacial score (nSPS) is 10.1. The van der Waals surface area contributed by atoms with E-state index in [9.17, 15) is 9.18 Å². The van der Waals surface area contributed by atoms with Gasteiger partial charge in [0.05, 0.1) is 6.42 Å². The number of hydrogen-bond acceptors (Lipinski definition) is 2. The van der Waals surface area contributed by atoms with E-state index in [0.717, 1.165) is 5.56 Å². The van der Waals surface area contributed by atoms with Crippen LogP contribution in [0.25, 0.3) is 0 Å². The van der Waals surface area contributed by atoms with Gasteiger partial charge in [-0.2, -0.15) is 0 Å². The predicted molar refractivity (Wildman–Crippen MR) is 66.3 cm³/mol. The zero-order valence-corrected chi connectivity index (χ0v) is 9.80. The molecule has 92 valence electrons. The maximum atomic E-state index is 13.3. The molecule has 0 radical (unpaired) electrons. The summed E-state index contributed by atoms with van der Waals surface area (Å²) < 4.78 is 18.4. The number of rotatable bonds is 4. The van der Waals surface area contributed by atoms with Gasteiger partial charge >= 0.3 is 5.97 Å². The second-order valence-corrected chi connectivity index (χ2v) is 3.91. The molecule has 0 N–H and O–H groups in total. The van der Waals surface area contributed by atoms with Gasteiger partial charge in [-0.1, -0.05) is 48.5 Å². The average molecular weight is 244 g/mol. The van der Waals surface area contributed by atoms with Crippen LogP contribution in [0.5, 0.6) is 0 Å². The molecule has 0 amide bonds. The van der Waals surface area contributed by atoms with Crippen LogP contribution in [-0.2, 0) is 22.6 Å². The van der Waals surface area contributed by atoms with Gasteiger partial charge in [-0.15, -0.1) is 0 Å². The van der Waals surface area contributed by atoms with Gasteiger partial charge in [0.2, 0.25) is 0 Å². The third kappa shape index (κ3) is 3.42. The summed E-state index contributed by atoms with van der Waals surface area (Å²) in [6.07, 6.45) is -0.0422. The van der Waals surface area contributed by atoms with Crippen LogP contribution < -0.4 is 0 Å². The van der Waals surface area contributed by atoms with Gasteiger partial charge in [0, 0.05) is 0 Å². The molecule has 0 aromatic heterocycles. The smallest absolute Gasteiger partial charge is 0.310 e. The molecule has 2 aromatic carbocycles. The Bertz CT molecular complexity index is 523. The monoisotopic (exact) mass is 244 g/mol. The highest BCUT2D eigenvalue weighted by Crippen LogP contribution is 2.08. The van der Waals surface area contributed by atoms with Crippen molar-refractivity contribution in [1.29, 1.82) is 0 Å². The molecule has 0 aliphatic heterocycles. The standard InChI is InChI=1S/C15H13FO2/c16-14-9-5-4-8-13(14)10-15(17)18-11-12-6-2-1-3-7-12/h1-9H,10-11H2. The maximum Gasteiger partial charge on any atom is 0.310 e. The van der Waals surface area contributed by atoms with E-state index < -0.39 is 5.97 Å². The molecular formula is C15H13FO2. The minimum absolute atomic E-state index is 0.0422. The van der Waals surface area contributed by atoms with E-state index >= 15 is 0 Å². The van der Waals surface area contributed by atoms with Crippen molar-refractivity contribution >= 4 is 5.97 Å². The number of halogens is 1. The molecule has 0 saturated carbocycles. The predicted octanol–water partition coefficient (Wildman–Crippen LogP) is 3.11. The summed E-state index contributed by atoms with van der Waals surface area (Å²) in [7, 11) is 0. The number of carbonyl (C=O) groups excluding carboxylic acids is 1. The number of ether oxygens (including phenoxy) is 1. The first-order valence-corrected chi connectivity index (χ1v) is 5.68. The summed E-state index contributed by atoms with van der Waals surface area (Å²) in [6, 6.07) is 15.6. The Hall–Kier alpha value is -2.16. The van der Waals surface area contributed by atoms with Gasteiger partial charge < -0.3 is 4.74 Å².